The van der Waals surface area contributed by atoms with Gasteiger partial charge in [-0.25, -0.2) is 4.98 Å². The van der Waals surface area contributed by atoms with Crippen molar-refractivity contribution >= 4 is 5.91 Å². The van der Waals surface area contributed by atoms with Crippen LogP contribution in [0.5, 0.6) is 0 Å². The molecular weight excluding hydrogens is 230 g/mol. The topological polar surface area (TPSA) is 73.9 Å². The maximum absolute atomic E-state index is 12.1. The van der Waals surface area contributed by atoms with E-state index in [4.69, 9.17) is 0 Å². The second-order valence-electron chi connectivity index (χ2n) is 4.90. The highest BCUT2D eigenvalue weighted by molar-refractivity contribution is 5.81. The van der Waals surface area contributed by atoms with Gasteiger partial charge in [0.1, 0.15) is 5.82 Å². The van der Waals surface area contributed by atoms with Crippen LogP contribution in [0.1, 0.15) is 37.3 Å². The Morgan fingerprint density at radius 3 is 3.06 bits per heavy atom. The number of hydrogen-bond acceptors (Lipinski definition) is 4. The highest BCUT2D eigenvalue weighted by Crippen LogP contribution is 2.15. The van der Waals surface area contributed by atoms with Gasteiger partial charge in [-0.1, -0.05) is 12.8 Å². The summed E-state index contributed by atoms with van der Waals surface area (Å²) in [6.07, 6.45) is 4.46. The lowest BCUT2D eigenvalue weighted by Gasteiger charge is -2.24. The van der Waals surface area contributed by atoms with Gasteiger partial charge in [0.25, 0.3) is 0 Å². The van der Waals surface area contributed by atoms with Crippen LogP contribution in [0.3, 0.4) is 0 Å². The van der Waals surface area contributed by atoms with Crippen LogP contribution in [0, 0.1) is 6.92 Å². The van der Waals surface area contributed by atoms with Gasteiger partial charge in [0.2, 0.25) is 5.91 Å². The van der Waals surface area contributed by atoms with Crippen molar-refractivity contribution in [3.05, 3.63) is 11.6 Å². The van der Waals surface area contributed by atoms with Crippen LogP contribution in [0.2, 0.25) is 0 Å². The molecule has 0 aliphatic carbocycles. The first-order valence-electron chi connectivity index (χ1n) is 6.52. The lowest BCUT2D eigenvalue weighted by molar-refractivity contribution is -0.126. The number of aryl methyl sites for hydroxylation is 1. The predicted octanol–water partition coefficient (Wildman–Crippen LogP) is 0.604. The van der Waals surface area contributed by atoms with E-state index in [9.17, 15) is 4.79 Å². The molecule has 0 saturated carbocycles. The summed E-state index contributed by atoms with van der Waals surface area (Å²) in [4.78, 5) is 18.4. The fraction of sp³-hybridized carbons (Fsp3) is 0.750. The van der Waals surface area contributed by atoms with Gasteiger partial charge in [-0.3, -0.25) is 14.8 Å². The number of aromatic amines is 1. The average molecular weight is 251 g/mol. The number of carbonyl (C=O) groups excluding carboxylic acids is 1. The lowest BCUT2D eigenvalue weighted by atomic mass is 10.1. The summed E-state index contributed by atoms with van der Waals surface area (Å²) in [6.45, 7) is 3.24. The molecular formula is C12H21N5O. The molecule has 1 aliphatic rings. The van der Waals surface area contributed by atoms with Gasteiger partial charge in [0.05, 0.1) is 12.6 Å². The van der Waals surface area contributed by atoms with Crippen LogP contribution < -0.4 is 5.32 Å². The summed E-state index contributed by atoms with van der Waals surface area (Å²) in [7, 11) is 2.02. The number of H-pyrrole nitrogens is 1. The van der Waals surface area contributed by atoms with E-state index in [1.54, 1.807) is 0 Å². The summed E-state index contributed by atoms with van der Waals surface area (Å²) < 4.78 is 0. The number of hydrogen-bond donors (Lipinski definition) is 2. The van der Waals surface area contributed by atoms with Crippen molar-refractivity contribution in [3.8, 4) is 0 Å². The van der Waals surface area contributed by atoms with Crippen molar-refractivity contribution in [3.63, 3.8) is 0 Å². The Labute approximate surface area is 107 Å². The minimum Gasteiger partial charge on any atom is -0.347 e. The quantitative estimate of drug-likeness (QED) is 0.825. The Morgan fingerprint density at radius 1 is 1.50 bits per heavy atom. The molecule has 1 saturated heterocycles. The Kier molecular flexibility index (Phi) is 4.30. The molecule has 18 heavy (non-hydrogen) atoms. The van der Waals surface area contributed by atoms with Gasteiger partial charge < -0.3 is 5.32 Å². The first-order chi connectivity index (χ1) is 8.66. The van der Waals surface area contributed by atoms with Gasteiger partial charge >= 0.3 is 0 Å². The van der Waals surface area contributed by atoms with E-state index in [0.29, 0.717) is 12.4 Å². The molecule has 2 N–H and O–H groups in total. The monoisotopic (exact) mass is 251 g/mol. The molecule has 1 aromatic rings. The Morgan fingerprint density at radius 2 is 2.33 bits per heavy atom. The summed E-state index contributed by atoms with van der Waals surface area (Å²) >= 11 is 0. The van der Waals surface area contributed by atoms with Crippen molar-refractivity contribution in [1.29, 1.82) is 0 Å². The third-order valence-electron chi connectivity index (χ3n) is 3.39. The highest BCUT2D eigenvalue weighted by Gasteiger charge is 2.24. The predicted molar refractivity (Wildman–Crippen MR) is 67.9 cm³/mol. The minimum atomic E-state index is -0.00691. The van der Waals surface area contributed by atoms with E-state index in [1.807, 2.05) is 14.0 Å². The Bertz CT molecular complexity index is 403. The number of aromatic nitrogens is 3. The van der Waals surface area contributed by atoms with E-state index in [1.165, 1.54) is 12.8 Å². The van der Waals surface area contributed by atoms with Crippen LogP contribution in [-0.4, -0.2) is 45.6 Å². The zero-order chi connectivity index (χ0) is 13.0. The van der Waals surface area contributed by atoms with Crippen LogP contribution in [-0.2, 0) is 11.3 Å². The second-order valence-corrected chi connectivity index (χ2v) is 4.90. The molecule has 1 fully saturated rings. The van der Waals surface area contributed by atoms with Gasteiger partial charge in [0.15, 0.2) is 5.82 Å². The zero-order valence-electron chi connectivity index (χ0n) is 11.1. The lowest BCUT2D eigenvalue weighted by Crippen LogP contribution is -2.44. The molecule has 0 bridgehead atoms. The Balaban J connectivity index is 1.86. The van der Waals surface area contributed by atoms with Crippen molar-refractivity contribution in [2.75, 3.05) is 13.6 Å². The van der Waals surface area contributed by atoms with Gasteiger partial charge in [0, 0.05) is 0 Å². The third kappa shape index (κ3) is 3.29. The molecule has 2 rings (SSSR count). The van der Waals surface area contributed by atoms with Gasteiger partial charge in [-0.2, -0.15) is 5.10 Å². The molecule has 1 atom stereocenters. The minimum absolute atomic E-state index is 0.00691. The largest absolute Gasteiger partial charge is 0.347 e. The molecule has 0 unspecified atom stereocenters. The van der Waals surface area contributed by atoms with E-state index in [-0.39, 0.29) is 11.9 Å². The molecule has 1 amide bonds. The molecule has 0 spiro atoms. The van der Waals surface area contributed by atoms with Crippen molar-refractivity contribution in [2.45, 2.75) is 45.2 Å². The summed E-state index contributed by atoms with van der Waals surface area (Å²) in [5, 5.41) is 9.69. The summed E-state index contributed by atoms with van der Waals surface area (Å²) in [5.41, 5.74) is 0. The molecule has 100 valence electrons. The molecule has 1 aliphatic heterocycles. The number of nitrogens with zero attached hydrogens (tertiary/aromatic N) is 3. The fourth-order valence-electron chi connectivity index (χ4n) is 2.34. The fourth-order valence-corrected chi connectivity index (χ4v) is 2.34. The molecule has 6 heteroatoms. The molecule has 0 radical (unpaired) electrons. The first-order valence-corrected chi connectivity index (χ1v) is 6.52. The molecule has 6 nitrogen and oxygen atoms in total. The smallest absolute Gasteiger partial charge is 0.237 e. The van der Waals surface area contributed by atoms with Crippen molar-refractivity contribution in [1.82, 2.24) is 25.4 Å². The van der Waals surface area contributed by atoms with E-state index < -0.39 is 0 Å². The SMILES string of the molecule is Cc1nc(CNC(=O)[C@H]2CCCCCN2C)n[nH]1. The van der Waals surface area contributed by atoms with Crippen LogP contribution in [0.25, 0.3) is 0 Å². The number of rotatable bonds is 3. The molecule has 1 aromatic heterocycles. The van der Waals surface area contributed by atoms with Crippen molar-refractivity contribution < 1.29 is 4.79 Å². The van der Waals surface area contributed by atoms with Crippen molar-refractivity contribution in [2.24, 2.45) is 0 Å². The van der Waals surface area contributed by atoms with E-state index in [2.05, 4.69) is 25.4 Å². The molecule has 0 aromatic carbocycles. The normalized spacial score (nSPS) is 21.6. The van der Waals surface area contributed by atoms with Crippen LogP contribution in [0.4, 0.5) is 0 Å². The van der Waals surface area contributed by atoms with E-state index in [0.717, 1.165) is 25.2 Å². The highest BCUT2D eigenvalue weighted by atomic mass is 16.2. The summed E-state index contributed by atoms with van der Waals surface area (Å²) in [5.74, 6) is 1.49. The number of likely N-dealkylation sites (tertiary alicyclic amines) is 1. The van der Waals surface area contributed by atoms with Gasteiger partial charge in [-0.05, 0) is 33.4 Å². The number of likely N-dealkylation sites (N-methyl/N-ethyl adjacent to an activating group) is 1. The number of nitrogens with one attached hydrogen (secondary N) is 2. The maximum Gasteiger partial charge on any atom is 0.237 e. The van der Waals surface area contributed by atoms with Crippen LogP contribution in [0.15, 0.2) is 0 Å². The standard InChI is InChI=1S/C12H21N5O/c1-9-14-11(16-15-9)8-13-12(18)10-6-4-3-5-7-17(10)2/h10H,3-8H2,1-2H3,(H,13,18)(H,14,15,16)/t10-/m1/s1. The van der Waals surface area contributed by atoms with E-state index >= 15 is 0 Å². The first kappa shape index (κ1) is 13.0. The Hall–Kier alpha value is -1.43. The third-order valence-corrected chi connectivity index (χ3v) is 3.39. The summed E-state index contributed by atoms with van der Waals surface area (Å²) in [6, 6.07) is -0.00691. The van der Waals surface area contributed by atoms with Gasteiger partial charge in [-0.15, -0.1) is 0 Å². The second kappa shape index (κ2) is 5.95. The maximum atomic E-state index is 12.1. The molecule has 2 heterocycles. The average Bonchev–Trinajstić information content (AvgIpc) is 2.64. The van der Waals surface area contributed by atoms with Crippen LogP contribution >= 0.6 is 0 Å². The number of amides is 1. The number of carbonyl (C=O) groups is 1. The zero-order valence-corrected chi connectivity index (χ0v) is 11.1.